The van der Waals surface area contributed by atoms with Crippen LogP contribution in [0.15, 0.2) is 67.4 Å². The Hall–Kier alpha value is -3.29. The minimum Gasteiger partial charge on any atom is -0.452 e. The third kappa shape index (κ3) is 4.06. The van der Waals surface area contributed by atoms with Crippen LogP contribution in [0.2, 0.25) is 5.02 Å². The molecule has 6 rings (SSSR count). The summed E-state index contributed by atoms with van der Waals surface area (Å²) in [4.78, 5) is 30.7. The molecule has 4 heterocycles. The topological polar surface area (TPSA) is 85.6 Å². The highest BCUT2D eigenvalue weighted by Gasteiger charge is 2.44. The van der Waals surface area contributed by atoms with Gasteiger partial charge in [0.2, 0.25) is 0 Å². The van der Waals surface area contributed by atoms with Crippen LogP contribution in [-0.4, -0.2) is 39.9 Å². The number of rotatable bonds is 6. The maximum atomic E-state index is 13.3. The summed E-state index contributed by atoms with van der Waals surface area (Å²) in [6, 6.07) is 13.5. The van der Waals surface area contributed by atoms with Crippen molar-refractivity contribution in [3.8, 4) is 0 Å². The Morgan fingerprint density at radius 1 is 1.29 bits per heavy atom. The number of fused-ring (bicyclic) bond motifs is 4. The van der Waals surface area contributed by atoms with Crippen molar-refractivity contribution in [2.24, 2.45) is 11.8 Å². The summed E-state index contributed by atoms with van der Waals surface area (Å²) in [5.41, 5.74) is 1.65. The maximum Gasteiger partial charge on any atom is 0.340 e. The van der Waals surface area contributed by atoms with Crippen molar-refractivity contribution in [1.82, 2.24) is 9.88 Å². The highest BCUT2D eigenvalue weighted by atomic mass is 35.5. The van der Waals surface area contributed by atoms with Gasteiger partial charge in [0, 0.05) is 35.8 Å². The molecule has 8 heteroatoms. The Morgan fingerprint density at radius 3 is 2.82 bits per heavy atom. The van der Waals surface area contributed by atoms with Crippen molar-refractivity contribution in [2.75, 3.05) is 13.1 Å². The number of para-hydroxylation sites is 1. The van der Waals surface area contributed by atoms with E-state index in [0.717, 1.165) is 42.4 Å². The van der Waals surface area contributed by atoms with E-state index in [1.54, 1.807) is 6.20 Å². The molecule has 0 spiro atoms. The van der Waals surface area contributed by atoms with Crippen molar-refractivity contribution >= 4 is 34.2 Å². The molecule has 0 aliphatic carbocycles. The fraction of sp³-hybridized carbons (Fsp3) is 0.308. The molecule has 0 N–H and O–H groups in total. The molecular weight excluding hydrogens is 454 g/mol. The van der Waals surface area contributed by atoms with E-state index in [9.17, 15) is 14.9 Å². The molecule has 0 radical (unpaired) electrons. The van der Waals surface area contributed by atoms with Gasteiger partial charge in [-0.2, -0.15) is 0 Å². The van der Waals surface area contributed by atoms with Gasteiger partial charge in [0.15, 0.2) is 0 Å². The number of pyridine rings is 1. The second-order valence-electron chi connectivity index (χ2n) is 8.91. The van der Waals surface area contributed by atoms with E-state index < -0.39 is 17.0 Å². The van der Waals surface area contributed by atoms with E-state index in [-0.39, 0.29) is 22.3 Å². The molecule has 3 aromatic rings. The second kappa shape index (κ2) is 9.16. The predicted octanol–water partition coefficient (Wildman–Crippen LogP) is 5.59. The zero-order valence-corrected chi connectivity index (χ0v) is 19.2. The number of nitrogens with zero attached hydrogens (tertiary/aromatic N) is 3. The summed E-state index contributed by atoms with van der Waals surface area (Å²) in [6.45, 7) is 5.83. The SMILES string of the molecule is C=CC1CN2CCC1CC2C(OC(=O)c1ccc([N+](=O)[O-])cc1Cl)c1ccnc2ccccc12. The van der Waals surface area contributed by atoms with Crippen LogP contribution >= 0.6 is 11.6 Å². The molecule has 34 heavy (non-hydrogen) atoms. The highest BCUT2D eigenvalue weighted by Crippen LogP contribution is 2.43. The van der Waals surface area contributed by atoms with E-state index >= 15 is 0 Å². The van der Waals surface area contributed by atoms with Gasteiger partial charge < -0.3 is 4.74 Å². The molecule has 7 nitrogen and oxygen atoms in total. The molecule has 0 saturated carbocycles. The van der Waals surface area contributed by atoms with Crippen LogP contribution in [0.3, 0.4) is 0 Å². The largest absolute Gasteiger partial charge is 0.452 e. The van der Waals surface area contributed by atoms with Crippen molar-refractivity contribution in [2.45, 2.75) is 25.0 Å². The van der Waals surface area contributed by atoms with Crippen LogP contribution in [-0.2, 0) is 4.74 Å². The van der Waals surface area contributed by atoms with Gasteiger partial charge in [-0.1, -0.05) is 35.9 Å². The number of piperidine rings is 3. The van der Waals surface area contributed by atoms with Crippen LogP contribution in [0.1, 0.15) is 34.9 Å². The number of carbonyl (C=O) groups excluding carboxylic acids is 1. The summed E-state index contributed by atoms with van der Waals surface area (Å²) in [6.07, 6.45) is 5.21. The van der Waals surface area contributed by atoms with Gasteiger partial charge in [0.05, 0.1) is 27.1 Å². The Labute approximate surface area is 202 Å². The average Bonchev–Trinajstić information content (AvgIpc) is 2.87. The molecule has 1 aromatic heterocycles. The third-order valence-electron chi connectivity index (χ3n) is 7.11. The first-order chi connectivity index (χ1) is 16.5. The summed E-state index contributed by atoms with van der Waals surface area (Å²) in [7, 11) is 0. The van der Waals surface area contributed by atoms with E-state index in [2.05, 4.69) is 16.5 Å². The lowest BCUT2D eigenvalue weighted by atomic mass is 9.73. The zero-order chi connectivity index (χ0) is 23.8. The Morgan fingerprint density at radius 2 is 2.12 bits per heavy atom. The normalized spacial score (nSPS) is 24.5. The Balaban J connectivity index is 1.53. The highest BCUT2D eigenvalue weighted by molar-refractivity contribution is 6.33. The van der Waals surface area contributed by atoms with E-state index in [0.29, 0.717) is 11.8 Å². The van der Waals surface area contributed by atoms with Crippen molar-refractivity contribution in [3.05, 3.63) is 93.6 Å². The van der Waals surface area contributed by atoms with E-state index in [1.165, 1.54) is 18.2 Å². The van der Waals surface area contributed by atoms with Crippen molar-refractivity contribution < 1.29 is 14.5 Å². The summed E-state index contributed by atoms with van der Waals surface area (Å²) >= 11 is 6.24. The lowest BCUT2D eigenvalue weighted by Crippen LogP contribution is -2.55. The Bertz CT molecular complexity index is 1270. The quantitative estimate of drug-likeness (QED) is 0.199. The first kappa shape index (κ1) is 22.5. The van der Waals surface area contributed by atoms with Crippen LogP contribution in [0.25, 0.3) is 10.9 Å². The van der Waals surface area contributed by atoms with Gasteiger partial charge in [0.25, 0.3) is 5.69 Å². The molecule has 3 saturated heterocycles. The number of hydrogen-bond acceptors (Lipinski definition) is 6. The Kier molecular flexibility index (Phi) is 6.06. The molecule has 2 bridgehead atoms. The molecule has 2 aromatic carbocycles. The monoisotopic (exact) mass is 477 g/mol. The number of hydrogen-bond donors (Lipinski definition) is 0. The average molecular weight is 478 g/mol. The van der Waals surface area contributed by atoms with Gasteiger partial charge in [-0.3, -0.25) is 20.0 Å². The first-order valence-corrected chi connectivity index (χ1v) is 11.7. The minimum atomic E-state index is -0.603. The van der Waals surface area contributed by atoms with Gasteiger partial charge >= 0.3 is 5.97 Å². The first-order valence-electron chi connectivity index (χ1n) is 11.3. The van der Waals surface area contributed by atoms with Gasteiger partial charge in [-0.05, 0) is 49.4 Å². The number of esters is 1. The van der Waals surface area contributed by atoms with Crippen LogP contribution < -0.4 is 0 Å². The van der Waals surface area contributed by atoms with Crippen LogP contribution in [0, 0.1) is 22.0 Å². The number of non-ortho nitro benzene ring substituents is 1. The van der Waals surface area contributed by atoms with E-state index in [1.807, 2.05) is 36.4 Å². The van der Waals surface area contributed by atoms with Gasteiger partial charge in [0.1, 0.15) is 6.10 Å². The van der Waals surface area contributed by atoms with Crippen LogP contribution in [0.4, 0.5) is 5.69 Å². The zero-order valence-electron chi connectivity index (χ0n) is 18.5. The fourth-order valence-electron chi connectivity index (χ4n) is 5.37. The number of nitro groups is 1. The number of aromatic nitrogens is 1. The molecule has 0 amide bonds. The standard InChI is InChI=1S/C26H24ClN3O4/c1-2-16-15-29-12-10-17(16)13-24(29)25(20-9-11-28-23-6-4-3-5-19(20)23)34-26(31)21-8-7-18(30(32)33)14-22(21)27/h2-9,11,14,16-17,24-25H,1,10,12-13,15H2. The summed E-state index contributed by atoms with van der Waals surface area (Å²) < 4.78 is 6.18. The van der Waals surface area contributed by atoms with Gasteiger partial charge in [-0.15, -0.1) is 6.58 Å². The molecule has 3 aliphatic rings. The molecular formula is C26H24ClN3O4. The molecule has 5 atom stereocenters. The lowest BCUT2D eigenvalue weighted by Gasteiger charge is -2.51. The van der Waals surface area contributed by atoms with Gasteiger partial charge in [-0.25, -0.2) is 4.79 Å². The molecule has 174 valence electrons. The summed E-state index contributed by atoms with van der Waals surface area (Å²) in [5.74, 6) is 0.318. The van der Waals surface area contributed by atoms with Crippen molar-refractivity contribution in [1.29, 1.82) is 0 Å². The third-order valence-corrected chi connectivity index (χ3v) is 7.42. The minimum absolute atomic E-state index is 0.00142. The smallest absolute Gasteiger partial charge is 0.340 e. The molecule has 3 fully saturated rings. The predicted molar refractivity (Wildman–Crippen MR) is 130 cm³/mol. The van der Waals surface area contributed by atoms with Crippen LogP contribution in [0.5, 0.6) is 0 Å². The fourth-order valence-corrected chi connectivity index (χ4v) is 5.62. The van der Waals surface area contributed by atoms with E-state index in [4.69, 9.17) is 16.3 Å². The molecule has 3 aliphatic heterocycles. The number of nitro benzene ring substituents is 1. The number of halogens is 1. The number of carbonyl (C=O) groups is 1. The number of ether oxygens (including phenoxy) is 1. The lowest BCUT2D eigenvalue weighted by molar-refractivity contribution is -0.384. The van der Waals surface area contributed by atoms with Crippen molar-refractivity contribution in [3.63, 3.8) is 0 Å². The maximum absolute atomic E-state index is 13.3. The number of benzene rings is 2. The molecule has 5 unspecified atom stereocenters. The second-order valence-corrected chi connectivity index (χ2v) is 9.32. The summed E-state index contributed by atoms with van der Waals surface area (Å²) in [5, 5.41) is 12.0.